The predicted octanol–water partition coefficient (Wildman–Crippen LogP) is 3.48. The molecule has 0 aliphatic carbocycles. The van der Waals surface area contributed by atoms with Crippen LogP contribution < -0.4 is 5.32 Å². The molecule has 0 radical (unpaired) electrons. The Hall–Kier alpha value is -2.13. The van der Waals surface area contributed by atoms with Gasteiger partial charge in [0.05, 0.1) is 0 Å². The number of hydrogen-bond donors (Lipinski definition) is 2. The zero-order chi connectivity index (χ0) is 14.5. The second-order valence-corrected chi connectivity index (χ2v) is 5.04. The van der Waals surface area contributed by atoms with Crippen molar-refractivity contribution in [3.8, 4) is 0 Å². The fourth-order valence-electron chi connectivity index (χ4n) is 2.10. The van der Waals surface area contributed by atoms with Crippen molar-refractivity contribution < 1.29 is 9.90 Å². The van der Waals surface area contributed by atoms with Gasteiger partial charge >= 0.3 is 0 Å². The van der Waals surface area contributed by atoms with E-state index in [2.05, 4.69) is 19.2 Å². The molecule has 1 unspecified atom stereocenters. The van der Waals surface area contributed by atoms with Crippen LogP contribution in [0.3, 0.4) is 0 Å². The normalized spacial score (nSPS) is 12.2. The molecule has 20 heavy (non-hydrogen) atoms. The second kappa shape index (κ2) is 6.35. The predicted molar refractivity (Wildman–Crippen MR) is 80.6 cm³/mol. The zero-order valence-corrected chi connectivity index (χ0v) is 11.7. The second-order valence-electron chi connectivity index (χ2n) is 5.04. The zero-order valence-electron chi connectivity index (χ0n) is 11.7. The first-order chi connectivity index (χ1) is 9.59. The molecule has 0 aliphatic rings. The molecule has 2 aromatic carbocycles. The summed E-state index contributed by atoms with van der Waals surface area (Å²) >= 11 is 0. The molecule has 0 saturated heterocycles. The Morgan fingerprint density at radius 1 is 1.00 bits per heavy atom. The van der Waals surface area contributed by atoms with Gasteiger partial charge in [0, 0.05) is 5.69 Å². The summed E-state index contributed by atoms with van der Waals surface area (Å²) < 4.78 is 0. The van der Waals surface area contributed by atoms with E-state index in [4.69, 9.17) is 0 Å². The van der Waals surface area contributed by atoms with Crippen LogP contribution in [0.4, 0.5) is 5.69 Å². The van der Waals surface area contributed by atoms with Gasteiger partial charge in [-0.2, -0.15) is 0 Å². The molecule has 1 amide bonds. The Balaban J connectivity index is 2.16. The van der Waals surface area contributed by atoms with E-state index in [1.54, 1.807) is 24.3 Å². The average Bonchev–Trinajstić information content (AvgIpc) is 2.47. The van der Waals surface area contributed by atoms with E-state index in [1.165, 1.54) is 0 Å². The first-order valence-electron chi connectivity index (χ1n) is 6.72. The number of para-hydroxylation sites is 1. The summed E-state index contributed by atoms with van der Waals surface area (Å²) in [5.41, 5.74) is 2.40. The first kappa shape index (κ1) is 14.3. The summed E-state index contributed by atoms with van der Waals surface area (Å²) in [6.07, 6.45) is -1.16. The number of rotatable bonds is 4. The monoisotopic (exact) mass is 269 g/mol. The van der Waals surface area contributed by atoms with Crippen molar-refractivity contribution in [2.24, 2.45) is 0 Å². The molecule has 3 nitrogen and oxygen atoms in total. The van der Waals surface area contributed by atoms with E-state index in [1.807, 2.05) is 30.3 Å². The van der Waals surface area contributed by atoms with Crippen LogP contribution in [0.5, 0.6) is 0 Å². The van der Waals surface area contributed by atoms with Gasteiger partial charge in [0.25, 0.3) is 5.91 Å². The molecule has 2 aromatic rings. The first-order valence-corrected chi connectivity index (χ1v) is 6.72. The fourth-order valence-corrected chi connectivity index (χ4v) is 2.10. The minimum absolute atomic E-state index is 0.306. The molecule has 1 atom stereocenters. The van der Waals surface area contributed by atoms with E-state index in [0.717, 1.165) is 11.3 Å². The third kappa shape index (κ3) is 3.25. The smallest absolute Gasteiger partial charge is 0.257 e. The molecule has 0 heterocycles. The van der Waals surface area contributed by atoms with Gasteiger partial charge in [0.2, 0.25) is 0 Å². The summed E-state index contributed by atoms with van der Waals surface area (Å²) in [6.45, 7) is 4.14. The number of carbonyl (C=O) groups is 1. The van der Waals surface area contributed by atoms with Gasteiger partial charge < -0.3 is 10.4 Å². The maximum Gasteiger partial charge on any atom is 0.257 e. The lowest BCUT2D eigenvalue weighted by atomic mass is 10.0. The van der Waals surface area contributed by atoms with Gasteiger partial charge in [-0.1, -0.05) is 62.4 Å². The van der Waals surface area contributed by atoms with E-state index >= 15 is 0 Å². The highest BCUT2D eigenvalue weighted by Gasteiger charge is 2.18. The van der Waals surface area contributed by atoms with Crippen LogP contribution in [0.2, 0.25) is 0 Å². The van der Waals surface area contributed by atoms with Crippen molar-refractivity contribution in [3.63, 3.8) is 0 Å². The number of aliphatic hydroxyl groups excluding tert-OH is 1. The van der Waals surface area contributed by atoms with E-state index in [0.29, 0.717) is 11.5 Å². The van der Waals surface area contributed by atoms with Crippen molar-refractivity contribution in [1.29, 1.82) is 0 Å². The van der Waals surface area contributed by atoms with E-state index < -0.39 is 12.0 Å². The Labute approximate surface area is 119 Å². The Kier molecular flexibility index (Phi) is 4.53. The lowest BCUT2D eigenvalue weighted by Gasteiger charge is -2.16. The van der Waals surface area contributed by atoms with Gasteiger partial charge in [-0.15, -0.1) is 0 Å². The molecule has 3 heteroatoms. The third-order valence-electron chi connectivity index (χ3n) is 3.20. The number of hydrogen-bond acceptors (Lipinski definition) is 2. The van der Waals surface area contributed by atoms with Gasteiger partial charge in [-0.25, -0.2) is 0 Å². The van der Waals surface area contributed by atoms with Crippen LogP contribution in [-0.2, 0) is 4.79 Å². The summed E-state index contributed by atoms with van der Waals surface area (Å²) in [4.78, 5) is 12.1. The maximum atomic E-state index is 12.1. The molecule has 0 bridgehead atoms. The summed E-state index contributed by atoms with van der Waals surface area (Å²) in [7, 11) is 0. The van der Waals surface area contributed by atoms with Crippen LogP contribution >= 0.6 is 0 Å². The number of aliphatic hydroxyl groups is 1. The minimum Gasteiger partial charge on any atom is -0.378 e. The SMILES string of the molecule is CC(C)c1ccccc1NC(=O)C(O)c1ccccc1. The number of nitrogens with one attached hydrogen (secondary N) is 1. The quantitative estimate of drug-likeness (QED) is 0.892. The maximum absolute atomic E-state index is 12.1. The van der Waals surface area contributed by atoms with E-state index in [9.17, 15) is 9.90 Å². The van der Waals surface area contributed by atoms with Crippen LogP contribution in [0.15, 0.2) is 54.6 Å². The molecule has 104 valence electrons. The van der Waals surface area contributed by atoms with Crippen molar-refractivity contribution in [3.05, 3.63) is 65.7 Å². The van der Waals surface area contributed by atoms with Gasteiger partial charge in [0.15, 0.2) is 6.10 Å². The molecule has 0 spiro atoms. The molecule has 0 aromatic heterocycles. The summed E-state index contributed by atoms with van der Waals surface area (Å²) in [5, 5.41) is 12.9. The molecule has 0 saturated carbocycles. The number of anilines is 1. The molecule has 2 N–H and O–H groups in total. The van der Waals surface area contributed by atoms with Crippen molar-refractivity contribution in [1.82, 2.24) is 0 Å². The van der Waals surface area contributed by atoms with E-state index in [-0.39, 0.29) is 0 Å². The van der Waals surface area contributed by atoms with Gasteiger partial charge in [-0.3, -0.25) is 4.79 Å². The van der Waals surface area contributed by atoms with Crippen LogP contribution in [0.25, 0.3) is 0 Å². The van der Waals surface area contributed by atoms with Crippen LogP contribution in [-0.4, -0.2) is 11.0 Å². The lowest BCUT2D eigenvalue weighted by molar-refractivity contribution is -0.124. The third-order valence-corrected chi connectivity index (χ3v) is 3.20. The van der Waals surface area contributed by atoms with Crippen molar-refractivity contribution in [2.45, 2.75) is 25.9 Å². The van der Waals surface area contributed by atoms with Crippen molar-refractivity contribution in [2.75, 3.05) is 5.32 Å². The fraction of sp³-hybridized carbons (Fsp3) is 0.235. The Morgan fingerprint density at radius 2 is 1.60 bits per heavy atom. The number of carbonyl (C=O) groups excluding carboxylic acids is 1. The minimum atomic E-state index is -1.16. The lowest BCUT2D eigenvalue weighted by Crippen LogP contribution is -2.21. The Morgan fingerprint density at radius 3 is 2.25 bits per heavy atom. The molecule has 0 aliphatic heterocycles. The molecule has 0 fully saturated rings. The standard InChI is InChI=1S/C17H19NO2/c1-12(2)14-10-6-7-11-15(14)18-17(20)16(19)13-8-4-3-5-9-13/h3-12,16,19H,1-2H3,(H,18,20). The topological polar surface area (TPSA) is 49.3 Å². The molecular weight excluding hydrogens is 250 g/mol. The molecular formula is C17H19NO2. The highest BCUT2D eigenvalue weighted by molar-refractivity contribution is 5.95. The van der Waals surface area contributed by atoms with Crippen molar-refractivity contribution >= 4 is 11.6 Å². The van der Waals surface area contributed by atoms with Gasteiger partial charge in [-0.05, 0) is 23.1 Å². The average molecular weight is 269 g/mol. The highest BCUT2D eigenvalue weighted by atomic mass is 16.3. The summed E-state index contributed by atoms with van der Waals surface area (Å²) in [5.74, 6) is -0.107. The molecule has 2 rings (SSSR count). The highest BCUT2D eigenvalue weighted by Crippen LogP contribution is 2.25. The van der Waals surface area contributed by atoms with Gasteiger partial charge in [0.1, 0.15) is 0 Å². The number of benzene rings is 2. The Bertz CT molecular complexity index is 579. The van der Waals surface area contributed by atoms with Crippen LogP contribution in [0.1, 0.15) is 37.0 Å². The summed E-state index contributed by atoms with van der Waals surface area (Å²) in [6, 6.07) is 16.6. The number of amides is 1. The largest absolute Gasteiger partial charge is 0.378 e. The van der Waals surface area contributed by atoms with Crippen LogP contribution in [0, 0.1) is 0 Å².